The van der Waals surface area contributed by atoms with E-state index in [0.29, 0.717) is 18.1 Å². The fraction of sp³-hybridized carbons (Fsp3) is 0.421. The number of rotatable bonds is 6. The van der Waals surface area contributed by atoms with Gasteiger partial charge in [-0.15, -0.1) is 0 Å². The van der Waals surface area contributed by atoms with Gasteiger partial charge in [-0.3, -0.25) is 9.48 Å². The largest absolute Gasteiger partial charge is 0.349 e. The lowest BCUT2D eigenvalue weighted by Crippen LogP contribution is -2.32. The fourth-order valence-corrected chi connectivity index (χ4v) is 3.28. The molecule has 2 aromatic heterocycles. The summed E-state index contributed by atoms with van der Waals surface area (Å²) in [6.45, 7) is 9.46. The molecule has 0 saturated carbocycles. The molecule has 1 N–H and O–H groups in total. The van der Waals surface area contributed by atoms with Gasteiger partial charge in [0.1, 0.15) is 5.82 Å². The highest BCUT2D eigenvalue weighted by Crippen LogP contribution is 2.20. The second-order valence-corrected chi connectivity index (χ2v) is 6.92. The van der Waals surface area contributed by atoms with Gasteiger partial charge in [0.2, 0.25) is 5.91 Å². The molecule has 3 aromatic rings. The van der Waals surface area contributed by atoms with Crippen molar-refractivity contribution < 1.29 is 4.79 Å². The maximum absolute atomic E-state index is 12.5. The van der Waals surface area contributed by atoms with Crippen LogP contribution in [0.3, 0.4) is 0 Å². The van der Waals surface area contributed by atoms with Crippen LogP contribution in [0.2, 0.25) is 5.02 Å². The third-order valence-electron chi connectivity index (χ3n) is 4.66. The van der Waals surface area contributed by atoms with Crippen molar-refractivity contribution in [2.45, 2.75) is 47.3 Å². The number of fused-ring (bicyclic) bond motifs is 1. The summed E-state index contributed by atoms with van der Waals surface area (Å²) in [6, 6.07) is 8.01. The van der Waals surface area contributed by atoms with Crippen molar-refractivity contribution in [2.24, 2.45) is 5.92 Å². The predicted octanol–water partition coefficient (Wildman–Crippen LogP) is 3.48. The molecule has 0 aliphatic heterocycles. The Labute approximate surface area is 158 Å². The molecule has 1 atom stereocenters. The maximum atomic E-state index is 12.5. The first kappa shape index (κ1) is 18.5. The topological polar surface area (TPSA) is 64.7 Å². The van der Waals surface area contributed by atoms with Crippen molar-refractivity contribution in [3.05, 3.63) is 46.5 Å². The Hall–Kier alpha value is -2.34. The Morgan fingerprint density at radius 2 is 2.04 bits per heavy atom. The van der Waals surface area contributed by atoms with Crippen molar-refractivity contribution in [1.82, 2.24) is 24.6 Å². The van der Waals surface area contributed by atoms with Gasteiger partial charge in [-0.1, -0.05) is 30.7 Å². The van der Waals surface area contributed by atoms with Gasteiger partial charge in [-0.2, -0.15) is 5.10 Å². The number of nitrogens with one attached hydrogen (secondary N) is 1. The second-order valence-electron chi connectivity index (χ2n) is 6.55. The van der Waals surface area contributed by atoms with Gasteiger partial charge < -0.3 is 9.88 Å². The molecule has 0 fully saturated rings. The minimum absolute atomic E-state index is 0.0246. The second kappa shape index (κ2) is 7.50. The Kier molecular flexibility index (Phi) is 5.32. The standard InChI is InChI=1S/C19H24ClN5O/c1-5-24-16-9-7-6-8-15(16)22-17(24)10-21-19(26)12(2)11-25-14(4)18(20)13(3)23-25/h6-9,12H,5,10-11H2,1-4H3,(H,21,26)/t12-/m1/s1. The van der Waals surface area contributed by atoms with E-state index >= 15 is 0 Å². The number of hydrogen-bond donors (Lipinski definition) is 1. The molecule has 3 rings (SSSR count). The molecule has 1 aromatic carbocycles. The SMILES string of the molecule is CCn1c(CNC(=O)[C@H](C)Cn2nc(C)c(Cl)c2C)nc2ccccc21. The Balaban J connectivity index is 1.67. The summed E-state index contributed by atoms with van der Waals surface area (Å²) in [5, 5.41) is 8.06. The molecule has 0 bridgehead atoms. The highest BCUT2D eigenvalue weighted by Gasteiger charge is 2.18. The van der Waals surface area contributed by atoms with E-state index in [-0.39, 0.29) is 11.8 Å². The van der Waals surface area contributed by atoms with Crippen molar-refractivity contribution in [2.75, 3.05) is 0 Å². The molecule has 6 nitrogen and oxygen atoms in total. The molecule has 0 aliphatic rings. The molecule has 138 valence electrons. The molecule has 2 heterocycles. The quantitative estimate of drug-likeness (QED) is 0.719. The van der Waals surface area contributed by atoms with Crippen LogP contribution >= 0.6 is 11.6 Å². The van der Waals surface area contributed by atoms with Gasteiger partial charge in [0.15, 0.2) is 0 Å². The summed E-state index contributed by atoms with van der Waals surface area (Å²) in [5.41, 5.74) is 3.71. The third-order valence-corrected chi connectivity index (χ3v) is 5.21. The van der Waals surface area contributed by atoms with Crippen LogP contribution in [0, 0.1) is 19.8 Å². The molecule has 0 unspecified atom stereocenters. The summed E-state index contributed by atoms with van der Waals surface area (Å²) < 4.78 is 3.92. The van der Waals surface area contributed by atoms with Crippen LogP contribution in [0.5, 0.6) is 0 Å². The van der Waals surface area contributed by atoms with Crippen LogP contribution in [-0.2, 0) is 24.4 Å². The number of amides is 1. The van der Waals surface area contributed by atoms with Gasteiger partial charge in [-0.25, -0.2) is 4.98 Å². The van der Waals surface area contributed by atoms with Crippen LogP contribution in [0.4, 0.5) is 0 Å². The first-order valence-electron chi connectivity index (χ1n) is 8.83. The first-order valence-corrected chi connectivity index (χ1v) is 9.21. The maximum Gasteiger partial charge on any atom is 0.225 e. The number of carbonyl (C=O) groups excluding carboxylic acids is 1. The average molecular weight is 374 g/mol. The molecule has 7 heteroatoms. The molecular formula is C19H24ClN5O. The number of para-hydroxylation sites is 2. The van der Waals surface area contributed by atoms with Gasteiger partial charge in [0, 0.05) is 6.54 Å². The minimum Gasteiger partial charge on any atom is -0.349 e. The zero-order valence-electron chi connectivity index (χ0n) is 15.6. The minimum atomic E-state index is -0.219. The van der Waals surface area contributed by atoms with Gasteiger partial charge in [0.25, 0.3) is 0 Å². The van der Waals surface area contributed by atoms with E-state index in [2.05, 4.69) is 26.9 Å². The first-order chi connectivity index (χ1) is 12.4. The number of hydrogen-bond acceptors (Lipinski definition) is 3. The normalized spacial score (nSPS) is 12.5. The molecule has 0 spiro atoms. The highest BCUT2D eigenvalue weighted by atomic mass is 35.5. The number of aromatic nitrogens is 4. The van der Waals surface area contributed by atoms with E-state index in [1.54, 1.807) is 4.68 Å². The Morgan fingerprint density at radius 1 is 1.31 bits per heavy atom. The van der Waals surface area contributed by atoms with E-state index in [0.717, 1.165) is 34.8 Å². The lowest BCUT2D eigenvalue weighted by atomic mass is 10.1. The van der Waals surface area contributed by atoms with E-state index in [1.807, 2.05) is 45.0 Å². The lowest BCUT2D eigenvalue weighted by molar-refractivity contribution is -0.125. The number of benzene rings is 1. The predicted molar refractivity (Wildman–Crippen MR) is 103 cm³/mol. The van der Waals surface area contributed by atoms with Gasteiger partial charge >= 0.3 is 0 Å². The van der Waals surface area contributed by atoms with E-state index in [1.165, 1.54) is 0 Å². The van der Waals surface area contributed by atoms with Gasteiger partial charge in [0.05, 0.1) is 46.5 Å². The van der Waals surface area contributed by atoms with Crippen LogP contribution in [0.1, 0.15) is 31.1 Å². The number of halogens is 1. The van der Waals surface area contributed by atoms with Crippen LogP contribution in [0.25, 0.3) is 11.0 Å². The molecule has 1 amide bonds. The molecular weight excluding hydrogens is 350 g/mol. The van der Waals surface area contributed by atoms with Crippen molar-refractivity contribution in [3.8, 4) is 0 Å². The summed E-state index contributed by atoms with van der Waals surface area (Å²) in [6.07, 6.45) is 0. The number of nitrogens with zero attached hydrogens (tertiary/aromatic N) is 4. The highest BCUT2D eigenvalue weighted by molar-refractivity contribution is 6.31. The smallest absolute Gasteiger partial charge is 0.225 e. The average Bonchev–Trinajstić information content (AvgIpc) is 3.11. The third kappa shape index (κ3) is 3.46. The van der Waals surface area contributed by atoms with Crippen molar-refractivity contribution >= 4 is 28.5 Å². The monoisotopic (exact) mass is 373 g/mol. The number of aryl methyl sites for hydroxylation is 2. The van der Waals surface area contributed by atoms with Crippen LogP contribution < -0.4 is 5.32 Å². The van der Waals surface area contributed by atoms with Crippen molar-refractivity contribution in [3.63, 3.8) is 0 Å². The van der Waals surface area contributed by atoms with E-state index in [9.17, 15) is 4.79 Å². The lowest BCUT2D eigenvalue weighted by Gasteiger charge is -2.14. The Bertz CT molecular complexity index is 943. The number of carbonyl (C=O) groups is 1. The summed E-state index contributed by atoms with van der Waals surface area (Å²) >= 11 is 6.18. The molecule has 0 aliphatic carbocycles. The molecule has 0 saturated heterocycles. The Morgan fingerprint density at radius 3 is 2.69 bits per heavy atom. The number of imidazole rings is 1. The molecule has 0 radical (unpaired) electrons. The summed E-state index contributed by atoms with van der Waals surface area (Å²) in [4.78, 5) is 17.2. The van der Waals surface area contributed by atoms with E-state index < -0.39 is 0 Å². The summed E-state index contributed by atoms with van der Waals surface area (Å²) in [5.74, 6) is 0.621. The van der Waals surface area contributed by atoms with E-state index in [4.69, 9.17) is 11.6 Å². The fourth-order valence-electron chi connectivity index (χ4n) is 3.15. The van der Waals surface area contributed by atoms with Crippen LogP contribution in [0.15, 0.2) is 24.3 Å². The van der Waals surface area contributed by atoms with Crippen molar-refractivity contribution in [1.29, 1.82) is 0 Å². The van der Waals surface area contributed by atoms with Crippen LogP contribution in [-0.4, -0.2) is 25.2 Å². The zero-order valence-corrected chi connectivity index (χ0v) is 16.3. The zero-order chi connectivity index (χ0) is 18.8. The van der Waals surface area contributed by atoms with Gasteiger partial charge in [-0.05, 0) is 32.9 Å². The summed E-state index contributed by atoms with van der Waals surface area (Å²) in [7, 11) is 0. The molecule has 26 heavy (non-hydrogen) atoms.